The minimum absolute atomic E-state index is 0.0583. The molecule has 0 N–H and O–H groups in total. The van der Waals surface area contributed by atoms with E-state index in [2.05, 4.69) is 6.92 Å². The Balaban J connectivity index is 1.80. The van der Waals surface area contributed by atoms with E-state index in [1.165, 1.54) is 57.8 Å². The lowest BCUT2D eigenvalue weighted by Crippen LogP contribution is -2.30. The van der Waals surface area contributed by atoms with Crippen molar-refractivity contribution in [3.05, 3.63) is 0 Å². The summed E-state index contributed by atoms with van der Waals surface area (Å²) in [5, 5.41) is 0. The Hall–Kier alpha value is -1.06. The quantitative estimate of drug-likeness (QED) is 0.273. The van der Waals surface area contributed by atoms with E-state index in [1.54, 1.807) is 0 Å². The molecule has 0 aliphatic heterocycles. The van der Waals surface area contributed by atoms with Crippen molar-refractivity contribution in [3.8, 4) is 0 Å². The first-order chi connectivity index (χ1) is 11.2. The standard InChI is InChI=1S/C19H34O4/c1-2-3-4-5-6-7-8-9-10-11-12-16-22-18(20)19(21)23-17-14-13-15-17/h17H,2-16H2,1H3. The first-order valence-electron chi connectivity index (χ1n) is 9.61. The van der Waals surface area contributed by atoms with Crippen LogP contribution in [0.25, 0.3) is 0 Å². The molecule has 134 valence electrons. The molecule has 0 heterocycles. The van der Waals surface area contributed by atoms with Crippen LogP contribution in [0, 0.1) is 0 Å². The lowest BCUT2D eigenvalue weighted by atomic mass is 9.96. The summed E-state index contributed by atoms with van der Waals surface area (Å²) >= 11 is 0. The lowest BCUT2D eigenvalue weighted by molar-refractivity contribution is -0.173. The van der Waals surface area contributed by atoms with Gasteiger partial charge in [0.25, 0.3) is 0 Å². The van der Waals surface area contributed by atoms with Gasteiger partial charge in [-0.3, -0.25) is 0 Å². The highest BCUT2D eigenvalue weighted by atomic mass is 16.6. The van der Waals surface area contributed by atoms with Gasteiger partial charge in [0.05, 0.1) is 6.61 Å². The van der Waals surface area contributed by atoms with E-state index < -0.39 is 11.9 Å². The maximum absolute atomic E-state index is 11.4. The average molecular weight is 326 g/mol. The molecular formula is C19H34O4. The van der Waals surface area contributed by atoms with Gasteiger partial charge in [-0.05, 0) is 25.7 Å². The van der Waals surface area contributed by atoms with Crippen molar-refractivity contribution in [2.45, 2.75) is 103 Å². The number of carbonyl (C=O) groups excluding carboxylic acids is 2. The van der Waals surface area contributed by atoms with Crippen molar-refractivity contribution in [1.82, 2.24) is 0 Å². The summed E-state index contributed by atoms with van der Waals surface area (Å²) in [6.45, 7) is 2.57. The van der Waals surface area contributed by atoms with Crippen LogP contribution >= 0.6 is 0 Å². The largest absolute Gasteiger partial charge is 0.457 e. The Bertz CT molecular complexity index is 323. The third-order valence-corrected chi connectivity index (χ3v) is 4.47. The van der Waals surface area contributed by atoms with Crippen LogP contribution in [-0.2, 0) is 19.1 Å². The molecule has 0 atom stereocenters. The Labute approximate surface area is 141 Å². The number of carbonyl (C=O) groups is 2. The average Bonchev–Trinajstić information content (AvgIpc) is 2.51. The minimum Gasteiger partial charge on any atom is -0.457 e. The molecular weight excluding hydrogens is 292 g/mol. The van der Waals surface area contributed by atoms with Crippen LogP contribution in [0.1, 0.15) is 96.8 Å². The van der Waals surface area contributed by atoms with Crippen LogP contribution in [0.3, 0.4) is 0 Å². The SMILES string of the molecule is CCCCCCCCCCCCCOC(=O)C(=O)OC1CCC1. The summed E-state index contributed by atoms with van der Waals surface area (Å²) in [7, 11) is 0. The minimum atomic E-state index is -0.830. The Morgan fingerprint density at radius 1 is 0.783 bits per heavy atom. The second-order valence-corrected chi connectivity index (χ2v) is 6.63. The van der Waals surface area contributed by atoms with E-state index in [9.17, 15) is 9.59 Å². The van der Waals surface area contributed by atoms with Crippen LogP contribution < -0.4 is 0 Å². The predicted molar refractivity (Wildman–Crippen MR) is 91.2 cm³/mol. The van der Waals surface area contributed by atoms with Crippen molar-refractivity contribution in [3.63, 3.8) is 0 Å². The topological polar surface area (TPSA) is 52.6 Å². The van der Waals surface area contributed by atoms with Crippen molar-refractivity contribution in [1.29, 1.82) is 0 Å². The molecule has 1 saturated carbocycles. The van der Waals surface area contributed by atoms with Gasteiger partial charge in [-0.15, -0.1) is 0 Å². The molecule has 0 amide bonds. The molecule has 0 aromatic heterocycles. The Kier molecular flexibility index (Phi) is 11.6. The molecule has 1 rings (SSSR count). The summed E-state index contributed by atoms with van der Waals surface area (Å²) in [5.41, 5.74) is 0. The number of ether oxygens (including phenoxy) is 2. The third-order valence-electron chi connectivity index (χ3n) is 4.47. The zero-order valence-corrected chi connectivity index (χ0v) is 14.8. The van der Waals surface area contributed by atoms with Crippen LogP contribution in [0.4, 0.5) is 0 Å². The number of rotatable bonds is 13. The monoisotopic (exact) mass is 326 g/mol. The van der Waals surface area contributed by atoms with Crippen LogP contribution in [-0.4, -0.2) is 24.6 Å². The van der Waals surface area contributed by atoms with Gasteiger partial charge in [-0.2, -0.15) is 0 Å². The van der Waals surface area contributed by atoms with Gasteiger partial charge in [0.2, 0.25) is 0 Å². The second kappa shape index (κ2) is 13.4. The highest BCUT2D eigenvalue weighted by Crippen LogP contribution is 2.22. The van der Waals surface area contributed by atoms with Crippen LogP contribution in [0.5, 0.6) is 0 Å². The fraction of sp³-hybridized carbons (Fsp3) is 0.895. The third kappa shape index (κ3) is 10.4. The summed E-state index contributed by atoms with van der Waals surface area (Å²) < 4.78 is 9.93. The van der Waals surface area contributed by atoms with Crippen molar-refractivity contribution in [2.75, 3.05) is 6.61 Å². The van der Waals surface area contributed by atoms with Crippen molar-refractivity contribution >= 4 is 11.9 Å². The van der Waals surface area contributed by atoms with Crippen LogP contribution in [0.2, 0.25) is 0 Å². The van der Waals surface area contributed by atoms with Gasteiger partial charge in [0, 0.05) is 0 Å². The first-order valence-corrected chi connectivity index (χ1v) is 9.61. The normalized spacial score (nSPS) is 14.3. The summed E-state index contributed by atoms with van der Waals surface area (Å²) in [6, 6.07) is 0. The van der Waals surface area contributed by atoms with Gasteiger partial charge in [-0.1, -0.05) is 71.1 Å². The maximum atomic E-state index is 11.4. The molecule has 4 nitrogen and oxygen atoms in total. The number of hydrogen-bond acceptors (Lipinski definition) is 4. The van der Waals surface area contributed by atoms with E-state index in [0.29, 0.717) is 6.61 Å². The van der Waals surface area contributed by atoms with Gasteiger partial charge in [0.1, 0.15) is 6.10 Å². The van der Waals surface area contributed by atoms with E-state index in [0.717, 1.165) is 32.1 Å². The maximum Gasteiger partial charge on any atom is 0.417 e. The molecule has 0 spiro atoms. The van der Waals surface area contributed by atoms with Crippen molar-refractivity contribution in [2.24, 2.45) is 0 Å². The Morgan fingerprint density at radius 2 is 1.30 bits per heavy atom. The molecule has 0 saturated heterocycles. The van der Waals surface area contributed by atoms with Gasteiger partial charge in [-0.25, -0.2) is 9.59 Å². The van der Waals surface area contributed by atoms with E-state index in [4.69, 9.17) is 9.47 Å². The molecule has 1 aliphatic rings. The smallest absolute Gasteiger partial charge is 0.417 e. The molecule has 0 radical (unpaired) electrons. The number of unbranched alkanes of at least 4 members (excludes halogenated alkanes) is 10. The molecule has 23 heavy (non-hydrogen) atoms. The zero-order valence-electron chi connectivity index (χ0n) is 14.8. The van der Waals surface area contributed by atoms with Gasteiger partial charge >= 0.3 is 11.9 Å². The molecule has 0 bridgehead atoms. The van der Waals surface area contributed by atoms with E-state index in [-0.39, 0.29) is 6.10 Å². The second-order valence-electron chi connectivity index (χ2n) is 6.63. The molecule has 1 fully saturated rings. The molecule has 0 aromatic carbocycles. The highest BCUT2D eigenvalue weighted by molar-refractivity contribution is 6.29. The fourth-order valence-corrected chi connectivity index (χ4v) is 2.68. The highest BCUT2D eigenvalue weighted by Gasteiger charge is 2.26. The van der Waals surface area contributed by atoms with Crippen molar-refractivity contribution < 1.29 is 19.1 Å². The molecule has 0 aromatic rings. The molecule has 4 heteroatoms. The number of esters is 2. The van der Waals surface area contributed by atoms with Crippen LogP contribution in [0.15, 0.2) is 0 Å². The lowest BCUT2D eigenvalue weighted by Gasteiger charge is -2.24. The molecule has 0 unspecified atom stereocenters. The molecule has 1 aliphatic carbocycles. The number of hydrogen-bond donors (Lipinski definition) is 0. The van der Waals surface area contributed by atoms with Gasteiger partial charge < -0.3 is 9.47 Å². The first kappa shape index (κ1) is 20.0. The van der Waals surface area contributed by atoms with E-state index >= 15 is 0 Å². The zero-order chi connectivity index (χ0) is 16.8. The predicted octanol–water partition coefficient (Wildman–Crippen LogP) is 4.94. The fourth-order valence-electron chi connectivity index (χ4n) is 2.68. The van der Waals surface area contributed by atoms with Gasteiger partial charge in [0.15, 0.2) is 0 Å². The van der Waals surface area contributed by atoms with E-state index in [1.807, 2.05) is 0 Å². The summed E-state index contributed by atoms with van der Waals surface area (Å²) in [6.07, 6.45) is 16.5. The summed E-state index contributed by atoms with van der Waals surface area (Å²) in [4.78, 5) is 22.8. The summed E-state index contributed by atoms with van der Waals surface area (Å²) in [5.74, 6) is -1.65. The Morgan fingerprint density at radius 3 is 1.78 bits per heavy atom.